The van der Waals surface area contributed by atoms with E-state index < -0.39 is 0 Å². The Morgan fingerprint density at radius 2 is 2.09 bits per heavy atom. The lowest BCUT2D eigenvalue weighted by Crippen LogP contribution is -2.25. The third-order valence-corrected chi connectivity index (χ3v) is 3.54. The maximum Gasteiger partial charge on any atom is 0.254 e. The molecule has 0 aromatic carbocycles. The van der Waals surface area contributed by atoms with Crippen molar-refractivity contribution in [3.63, 3.8) is 0 Å². The number of aromatic nitrogens is 3. The zero-order valence-electron chi connectivity index (χ0n) is 13.0. The highest BCUT2D eigenvalue weighted by Gasteiger charge is 2.14. The van der Waals surface area contributed by atoms with Crippen LogP contribution in [-0.2, 0) is 0 Å². The van der Waals surface area contributed by atoms with E-state index in [4.69, 9.17) is 5.73 Å². The monoisotopic (exact) mass is 301 g/mol. The van der Waals surface area contributed by atoms with E-state index in [1.807, 2.05) is 25.1 Å². The number of amides is 1. The highest BCUT2D eigenvalue weighted by Crippen LogP contribution is 2.12. The van der Waals surface area contributed by atoms with Crippen molar-refractivity contribution in [3.05, 3.63) is 41.9 Å². The van der Waals surface area contributed by atoms with Gasteiger partial charge in [-0.05, 0) is 38.4 Å². The molecule has 6 nitrogen and oxygen atoms in total. The molecule has 2 heterocycles. The summed E-state index contributed by atoms with van der Waals surface area (Å²) in [4.78, 5) is 16.4. The second-order valence-corrected chi connectivity index (χ2v) is 5.20. The molecule has 3 N–H and O–H groups in total. The molecule has 6 heteroatoms. The maximum atomic E-state index is 12.2. The lowest BCUT2D eigenvalue weighted by atomic mass is 10.2. The second kappa shape index (κ2) is 8.29. The Kier molecular flexibility index (Phi) is 6.09. The summed E-state index contributed by atoms with van der Waals surface area (Å²) in [7, 11) is 0. The van der Waals surface area contributed by atoms with Gasteiger partial charge < -0.3 is 11.1 Å². The van der Waals surface area contributed by atoms with Gasteiger partial charge in [0.05, 0.1) is 17.5 Å². The number of pyridine rings is 1. The zero-order valence-corrected chi connectivity index (χ0v) is 13.0. The molecule has 0 unspecified atom stereocenters. The zero-order chi connectivity index (χ0) is 15.8. The number of rotatable bonds is 8. The maximum absolute atomic E-state index is 12.2. The van der Waals surface area contributed by atoms with Gasteiger partial charge in [0.15, 0.2) is 5.82 Å². The largest absolute Gasteiger partial charge is 0.352 e. The molecule has 22 heavy (non-hydrogen) atoms. The van der Waals surface area contributed by atoms with E-state index in [-0.39, 0.29) is 5.91 Å². The van der Waals surface area contributed by atoms with Gasteiger partial charge in [0.25, 0.3) is 5.91 Å². The van der Waals surface area contributed by atoms with Crippen molar-refractivity contribution in [1.82, 2.24) is 20.1 Å². The molecular formula is C16H23N5O. The van der Waals surface area contributed by atoms with E-state index in [0.717, 1.165) is 37.9 Å². The summed E-state index contributed by atoms with van der Waals surface area (Å²) in [5, 5.41) is 7.19. The lowest BCUT2D eigenvalue weighted by Gasteiger charge is -2.06. The van der Waals surface area contributed by atoms with Gasteiger partial charge in [0.2, 0.25) is 0 Å². The summed E-state index contributed by atoms with van der Waals surface area (Å²) in [5.74, 6) is 0.624. The van der Waals surface area contributed by atoms with Crippen LogP contribution in [0.3, 0.4) is 0 Å². The van der Waals surface area contributed by atoms with E-state index in [1.165, 1.54) is 0 Å². The first kappa shape index (κ1) is 16.2. The molecule has 2 aromatic rings. The molecule has 0 saturated heterocycles. The molecule has 0 aliphatic rings. The minimum atomic E-state index is -0.0847. The average molecular weight is 301 g/mol. The number of unbranched alkanes of at least 4 members (excludes halogenated alkanes) is 3. The molecule has 0 spiro atoms. The molecule has 0 bridgehead atoms. The fraction of sp³-hybridized carbons (Fsp3) is 0.438. The molecule has 2 rings (SSSR count). The van der Waals surface area contributed by atoms with Gasteiger partial charge in [-0.15, -0.1) is 0 Å². The molecule has 2 aromatic heterocycles. The Labute approximate surface area is 130 Å². The first-order valence-corrected chi connectivity index (χ1v) is 7.68. The highest BCUT2D eigenvalue weighted by atomic mass is 16.1. The minimum absolute atomic E-state index is 0.0847. The number of nitrogens with two attached hydrogens (primary N) is 1. The van der Waals surface area contributed by atoms with Crippen LogP contribution in [0.2, 0.25) is 0 Å². The summed E-state index contributed by atoms with van der Waals surface area (Å²) in [5.41, 5.74) is 6.83. The molecule has 0 saturated carbocycles. The van der Waals surface area contributed by atoms with Crippen molar-refractivity contribution in [1.29, 1.82) is 0 Å². The van der Waals surface area contributed by atoms with Crippen molar-refractivity contribution in [3.8, 4) is 5.82 Å². The van der Waals surface area contributed by atoms with Crippen molar-refractivity contribution < 1.29 is 4.79 Å². The van der Waals surface area contributed by atoms with E-state index in [0.29, 0.717) is 17.9 Å². The van der Waals surface area contributed by atoms with Crippen molar-refractivity contribution in [2.24, 2.45) is 5.73 Å². The van der Waals surface area contributed by atoms with Gasteiger partial charge in [-0.3, -0.25) is 4.79 Å². The Bertz CT molecular complexity index is 594. The van der Waals surface area contributed by atoms with E-state index >= 15 is 0 Å². The number of carbonyl (C=O) groups excluding carboxylic acids is 1. The molecule has 1 amide bonds. The van der Waals surface area contributed by atoms with Gasteiger partial charge in [0, 0.05) is 12.7 Å². The Morgan fingerprint density at radius 3 is 2.82 bits per heavy atom. The quantitative estimate of drug-likeness (QED) is 0.728. The predicted molar refractivity (Wildman–Crippen MR) is 86.0 cm³/mol. The SMILES string of the molecule is Cc1c(C(=O)NCCCCCCN)cnn1-c1ccccn1. The molecule has 0 aliphatic heterocycles. The third-order valence-electron chi connectivity index (χ3n) is 3.54. The van der Waals surface area contributed by atoms with Crippen molar-refractivity contribution in [2.45, 2.75) is 32.6 Å². The van der Waals surface area contributed by atoms with Crippen LogP contribution in [0.15, 0.2) is 30.6 Å². The number of hydrogen-bond acceptors (Lipinski definition) is 4. The Hall–Kier alpha value is -2.21. The topological polar surface area (TPSA) is 85.8 Å². The van der Waals surface area contributed by atoms with Crippen LogP contribution >= 0.6 is 0 Å². The number of nitrogens with one attached hydrogen (secondary N) is 1. The molecule has 0 aliphatic carbocycles. The van der Waals surface area contributed by atoms with Crippen molar-refractivity contribution in [2.75, 3.05) is 13.1 Å². The average Bonchev–Trinajstić information content (AvgIpc) is 2.93. The second-order valence-electron chi connectivity index (χ2n) is 5.20. The van der Waals surface area contributed by atoms with Gasteiger partial charge in [-0.25, -0.2) is 9.67 Å². The van der Waals surface area contributed by atoms with Crippen LogP contribution in [0.5, 0.6) is 0 Å². The number of carbonyl (C=O) groups is 1. The molecule has 0 radical (unpaired) electrons. The van der Waals surface area contributed by atoms with Crippen LogP contribution in [0.4, 0.5) is 0 Å². The van der Waals surface area contributed by atoms with Crippen LogP contribution in [0.1, 0.15) is 41.7 Å². The standard InChI is InChI=1S/C16H23N5O/c1-13-14(16(22)19-11-6-3-2-5-9-17)12-20-21(13)15-8-4-7-10-18-15/h4,7-8,10,12H,2-3,5-6,9,11,17H2,1H3,(H,19,22). The fourth-order valence-corrected chi connectivity index (χ4v) is 2.26. The number of nitrogens with zero attached hydrogens (tertiary/aromatic N) is 3. The van der Waals surface area contributed by atoms with Gasteiger partial charge in [-0.2, -0.15) is 5.10 Å². The lowest BCUT2D eigenvalue weighted by molar-refractivity contribution is 0.0952. The van der Waals surface area contributed by atoms with Crippen molar-refractivity contribution >= 4 is 5.91 Å². The predicted octanol–water partition coefficient (Wildman–Crippen LogP) is 1.82. The van der Waals surface area contributed by atoms with Crippen LogP contribution in [0, 0.1) is 6.92 Å². The van der Waals surface area contributed by atoms with Gasteiger partial charge in [0.1, 0.15) is 0 Å². The minimum Gasteiger partial charge on any atom is -0.352 e. The van der Waals surface area contributed by atoms with Gasteiger partial charge >= 0.3 is 0 Å². The first-order chi connectivity index (χ1) is 10.7. The summed E-state index contributed by atoms with van der Waals surface area (Å²) in [6.07, 6.45) is 7.51. The molecule has 0 atom stereocenters. The fourth-order valence-electron chi connectivity index (χ4n) is 2.26. The van der Waals surface area contributed by atoms with E-state index in [1.54, 1.807) is 17.1 Å². The summed E-state index contributed by atoms with van der Waals surface area (Å²) >= 11 is 0. The summed E-state index contributed by atoms with van der Waals surface area (Å²) < 4.78 is 1.68. The molecule has 118 valence electrons. The molecular weight excluding hydrogens is 278 g/mol. The van der Waals surface area contributed by atoms with E-state index in [9.17, 15) is 4.79 Å². The third kappa shape index (κ3) is 4.14. The number of hydrogen-bond donors (Lipinski definition) is 2. The smallest absolute Gasteiger partial charge is 0.254 e. The Morgan fingerprint density at radius 1 is 1.27 bits per heavy atom. The van der Waals surface area contributed by atoms with E-state index in [2.05, 4.69) is 15.4 Å². The van der Waals surface area contributed by atoms with Crippen LogP contribution in [0.25, 0.3) is 5.82 Å². The summed E-state index contributed by atoms with van der Waals surface area (Å²) in [6.45, 7) is 3.29. The highest BCUT2D eigenvalue weighted by molar-refractivity contribution is 5.95. The molecule has 0 fully saturated rings. The normalized spacial score (nSPS) is 10.6. The van der Waals surface area contributed by atoms with Gasteiger partial charge in [-0.1, -0.05) is 18.9 Å². The summed E-state index contributed by atoms with van der Waals surface area (Å²) in [6, 6.07) is 5.60. The van der Waals surface area contributed by atoms with Crippen LogP contribution in [-0.4, -0.2) is 33.8 Å². The van der Waals surface area contributed by atoms with Crippen LogP contribution < -0.4 is 11.1 Å². The first-order valence-electron chi connectivity index (χ1n) is 7.68. The Balaban J connectivity index is 1.90.